The lowest BCUT2D eigenvalue weighted by molar-refractivity contribution is -0.118. The number of urea groups is 1. The molecule has 4 nitrogen and oxygen atoms in total. The van der Waals surface area contributed by atoms with E-state index in [4.69, 9.17) is 0 Å². The second kappa shape index (κ2) is 3.56. The Labute approximate surface area is 71.9 Å². The van der Waals surface area contributed by atoms with Crippen LogP contribution in [0.25, 0.3) is 0 Å². The number of amides is 3. The monoisotopic (exact) mass is 170 g/mol. The number of hydrogen-bond donors (Lipinski definition) is 1. The molecule has 1 rings (SSSR count). The Morgan fingerprint density at radius 2 is 2.17 bits per heavy atom. The van der Waals surface area contributed by atoms with Crippen molar-refractivity contribution in [2.45, 2.75) is 20.3 Å². The molecule has 0 radical (unpaired) electrons. The lowest BCUT2D eigenvalue weighted by Crippen LogP contribution is -2.29. The molecule has 1 aliphatic heterocycles. The van der Waals surface area contributed by atoms with Crippen molar-refractivity contribution in [1.29, 1.82) is 0 Å². The van der Waals surface area contributed by atoms with E-state index in [0.29, 0.717) is 12.5 Å². The van der Waals surface area contributed by atoms with Crippen molar-refractivity contribution in [2.24, 2.45) is 5.92 Å². The van der Waals surface area contributed by atoms with Crippen molar-refractivity contribution in [2.75, 3.05) is 13.1 Å². The molecule has 0 aromatic carbocycles. The van der Waals surface area contributed by atoms with Gasteiger partial charge in [0.15, 0.2) is 0 Å². The number of hydrogen-bond acceptors (Lipinski definition) is 2. The lowest BCUT2D eigenvalue weighted by Gasteiger charge is -2.13. The van der Waals surface area contributed by atoms with Gasteiger partial charge in [0.05, 0.1) is 0 Å². The van der Waals surface area contributed by atoms with Gasteiger partial charge in [0, 0.05) is 6.54 Å². The Balaban J connectivity index is 2.33. The third-order valence-electron chi connectivity index (χ3n) is 1.84. The first-order valence-electron chi connectivity index (χ1n) is 4.18. The number of carbonyl (C=O) groups is 2. The van der Waals surface area contributed by atoms with Crippen molar-refractivity contribution in [3.05, 3.63) is 0 Å². The van der Waals surface area contributed by atoms with Crippen molar-refractivity contribution >= 4 is 11.9 Å². The van der Waals surface area contributed by atoms with E-state index >= 15 is 0 Å². The Hall–Kier alpha value is -1.06. The molecular weight excluding hydrogens is 156 g/mol. The third kappa shape index (κ3) is 2.22. The van der Waals surface area contributed by atoms with Crippen LogP contribution in [-0.4, -0.2) is 29.9 Å². The summed E-state index contributed by atoms with van der Waals surface area (Å²) in [4.78, 5) is 23.3. The van der Waals surface area contributed by atoms with E-state index in [-0.39, 0.29) is 18.5 Å². The van der Waals surface area contributed by atoms with Crippen LogP contribution in [0.3, 0.4) is 0 Å². The zero-order chi connectivity index (χ0) is 9.14. The van der Waals surface area contributed by atoms with Crippen LogP contribution in [0, 0.1) is 5.92 Å². The summed E-state index contributed by atoms with van der Waals surface area (Å²) < 4.78 is 0. The van der Waals surface area contributed by atoms with E-state index in [0.717, 1.165) is 6.42 Å². The maximum atomic E-state index is 11.0. The SMILES string of the molecule is CC(C)CCN1CC(=O)NC1=O. The fourth-order valence-electron chi connectivity index (χ4n) is 1.08. The Kier molecular flexibility index (Phi) is 2.68. The van der Waals surface area contributed by atoms with Gasteiger partial charge in [0.25, 0.3) is 0 Å². The van der Waals surface area contributed by atoms with Crippen molar-refractivity contribution in [1.82, 2.24) is 10.2 Å². The molecule has 0 spiro atoms. The molecule has 0 unspecified atom stereocenters. The average molecular weight is 170 g/mol. The van der Waals surface area contributed by atoms with Crippen LogP contribution in [0.2, 0.25) is 0 Å². The molecule has 1 aliphatic rings. The smallest absolute Gasteiger partial charge is 0.315 e. The molecule has 0 aromatic rings. The number of carbonyl (C=O) groups excluding carboxylic acids is 2. The van der Waals surface area contributed by atoms with Crippen molar-refractivity contribution in [3.8, 4) is 0 Å². The van der Waals surface area contributed by atoms with Gasteiger partial charge >= 0.3 is 6.03 Å². The molecule has 68 valence electrons. The van der Waals surface area contributed by atoms with Crippen LogP contribution in [0.5, 0.6) is 0 Å². The molecule has 0 aliphatic carbocycles. The van der Waals surface area contributed by atoms with Gasteiger partial charge in [-0.3, -0.25) is 10.1 Å². The van der Waals surface area contributed by atoms with Gasteiger partial charge in [0.2, 0.25) is 5.91 Å². The zero-order valence-electron chi connectivity index (χ0n) is 7.46. The van der Waals surface area contributed by atoms with Gasteiger partial charge in [-0.25, -0.2) is 4.79 Å². The minimum absolute atomic E-state index is 0.191. The first-order valence-corrected chi connectivity index (χ1v) is 4.18. The molecule has 12 heavy (non-hydrogen) atoms. The molecule has 0 atom stereocenters. The van der Waals surface area contributed by atoms with E-state index in [1.807, 2.05) is 0 Å². The first kappa shape index (κ1) is 9.03. The summed E-state index contributed by atoms with van der Waals surface area (Å²) in [5, 5.41) is 2.24. The standard InChI is InChI=1S/C8H14N2O2/c1-6(2)3-4-10-5-7(11)9-8(10)12/h6H,3-5H2,1-2H3,(H,9,11,12). The van der Waals surface area contributed by atoms with Crippen LogP contribution >= 0.6 is 0 Å². The van der Waals surface area contributed by atoms with Gasteiger partial charge in [-0.15, -0.1) is 0 Å². The largest absolute Gasteiger partial charge is 0.324 e. The maximum Gasteiger partial charge on any atom is 0.324 e. The lowest BCUT2D eigenvalue weighted by atomic mass is 10.1. The van der Waals surface area contributed by atoms with E-state index in [1.54, 1.807) is 4.90 Å². The predicted molar refractivity (Wildman–Crippen MR) is 44.6 cm³/mol. The van der Waals surface area contributed by atoms with Crippen LogP contribution in [0.15, 0.2) is 0 Å². The van der Waals surface area contributed by atoms with E-state index in [9.17, 15) is 9.59 Å². The van der Waals surface area contributed by atoms with Gasteiger partial charge in [0.1, 0.15) is 6.54 Å². The zero-order valence-corrected chi connectivity index (χ0v) is 7.46. The summed E-state index contributed by atoms with van der Waals surface area (Å²) in [6.45, 7) is 5.09. The number of nitrogens with zero attached hydrogens (tertiary/aromatic N) is 1. The molecule has 4 heteroatoms. The molecule has 1 saturated heterocycles. The Morgan fingerprint density at radius 3 is 2.58 bits per heavy atom. The van der Waals surface area contributed by atoms with Crippen molar-refractivity contribution < 1.29 is 9.59 Å². The highest BCUT2D eigenvalue weighted by atomic mass is 16.2. The normalized spacial score (nSPS) is 17.4. The average Bonchev–Trinajstić information content (AvgIpc) is 2.26. The molecule has 0 saturated carbocycles. The van der Waals surface area contributed by atoms with Crippen LogP contribution < -0.4 is 5.32 Å². The van der Waals surface area contributed by atoms with Gasteiger partial charge in [-0.2, -0.15) is 0 Å². The molecule has 1 heterocycles. The molecule has 3 amide bonds. The second-order valence-electron chi connectivity index (χ2n) is 3.46. The fourth-order valence-corrected chi connectivity index (χ4v) is 1.08. The van der Waals surface area contributed by atoms with E-state index < -0.39 is 0 Å². The summed E-state index contributed by atoms with van der Waals surface area (Å²) in [7, 11) is 0. The molecule has 0 bridgehead atoms. The van der Waals surface area contributed by atoms with Crippen molar-refractivity contribution in [3.63, 3.8) is 0 Å². The van der Waals surface area contributed by atoms with E-state index in [2.05, 4.69) is 19.2 Å². The van der Waals surface area contributed by atoms with Gasteiger partial charge in [-0.05, 0) is 12.3 Å². The highest BCUT2D eigenvalue weighted by Gasteiger charge is 2.25. The molecule has 1 N–H and O–H groups in total. The summed E-state index contributed by atoms with van der Waals surface area (Å²) in [5.41, 5.74) is 0. The van der Waals surface area contributed by atoms with Gasteiger partial charge in [-0.1, -0.05) is 13.8 Å². The predicted octanol–water partition coefficient (Wildman–Crippen LogP) is 0.584. The summed E-state index contributed by atoms with van der Waals surface area (Å²) in [6.07, 6.45) is 0.945. The van der Waals surface area contributed by atoms with E-state index in [1.165, 1.54) is 0 Å². The minimum Gasteiger partial charge on any atom is -0.315 e. The van der Waals surface area contributed by atoms with Crippen LogP contribution in [0.4, 0.5) is 4.79 Å². The fraction of sp³-hybridized carbons (Fsp3) is 0.750. The Morgan fingerprint density at radius 1 is 1.50 bits per heavy atom. The minimum atomic E-state index is -0.249. The number of rotatable bonds is 3. The molecule has 1 fully saturated rings. The Bertz CT molecular complexity index is 201. The summed E-state index contributed by atoms with van der Waals surface area (Å²) in [6, 6.07) is -0.249. The number of imide groups is 1. The highest BCUT2D eigenvalue weighted by Crippen LogP contribution is 2.04. The molecular formula is C8H14N2O2. The summed E-state index contributed by atoms with van der Waals surface area (Å²) in [5.74, 6) is 0.372. The molecule has 0 aromatic heterocycles. The quantitative estimate of drug-likeness (QED) is 0.630. The first-order chi connectivity index (χ1) is 5.59. The highest BCUT2D eigenvalue weighted by molar-refractivity contribution is 6.01. The number of nitrogens with one attached hydrogen (secondary N) is 1. The third-order valence-corrected chi connectivity index (χ3v) is 1.84. The summed E-state index contributed by atoms with van der Waals surface area (Å²) >= 11 is 0. The van der Waals surface area contributed by atoms with Crippen LogP contribution in [-0.2, 0) is 4.79 Å². The topological polar surface area (TPSA) is 49.4 Å². The maximum absolute atomic E-state index is 11.0. The van der Waals surface area contributed by atoms with Crippen LogP contribution in [0.1, 0.15) is 20.3 Å². The second-order valence-corrected chi connectivity index (χ2v) is 3.46. The van der Waals surface area contributed by atoms with Gasteiger partial charge < -0.3 is 4.90 Å².